The maximum Gasteiger partial charge on any atom is 0.315 e. The van der Waals surface area contributed by atoms with Crippen LogP contribution in [-0.4, -0.2) is 53.5 Å². The number of carbonyl (C=O) groups is 2. The Morgan fingerprint density at radius 3 is 2.32 bits per heavy atom. The van der Waals surface area contributed by atoms with Crippen molar-refractivity contribution < 1.29 is 27.9 Å². The van der Waals surface area contributed by atoms with Crippen molar-refractivity contribution in [2.45, 2.75) is 96.1 Å². The van der Waals surface area contributed by atoms with Crippen molar-refractivity contribution in [3.63, 3.8) is 0 Å². The summed E-state index contributed by atoms with van der Waals surface area (Å²) in [7, 11) is -2.35. The summed E-state index contributed by atoms with van der Waals surface area (Å²) in [4.78, 5) is 27.5. The molecule has 5 unspecified atom stereocenters. The molecular weight excluding hydrogens is 464 g/mol. The van der Waals surface area contributed by atoms with Crippen LogP contribution >= 0.6 is 0 Å². The lowest BCUT2D eigenvalue weighted by Crippen LogP contribution is -2.57. The van der Waals surface area contributed by atoms with E-state index in [9.17, 15) is 9.59 Å². The number of hydrogen-bond acceptors (Lipinski definition) is 6. The predicted molar refractivity (Wildman–Crippen MR) is 134 cm³/mol. The maximum atomic E-state index is 13.8. The monoisotopic (exact) mass is 506 g/mol. The van der Waals surface area contributed by atoms with Gasteiger partial charge in [0, 0.05) is 11.8 Å². The fourth-order valence-electron chi connectivity index (χ4n) is 8.97. The van der Waals surface area contributed by atoms with Crippen LogP contribution in [0.25, 0.3) is 0 Å². The van der Waals surface area contributed by atoms with Crippen molar-refractivity contribution in [2.75, 3.05) is 7.11 Å². The van der Waals surface area contributed by atoms with E-state index in [1.165, 1.54) is 12.7 Å². The van der Waals surface area contributed by atoms with Crippen LogP contribution in [0.1, 0.15) is 39.0 Å². The van der Waals surface area contributed by atoms with Crippen molar-refractivity contribution in [3.8, 4) is 0 Å². The SMILES string of the molecule is C=C1C[C@]23C[C@H]1CC(O[Si](C)(C)C)C2[C@@]12CC[C@H](O[Si](C)(C)C)C(C)(C(=O)O1)C2C3C(=O)OC. The topological polar surface area (TPSA) is 71.1 Å². The highest BCUT2D eigenvalue weighted by Gasteiger charge is 2.85. The van der Waals surface area contributed by atoms with Crippen LogP contribution in [0.2, 0.25) is 39.3 Å². The maximum absolute atomic E-state index is 13.8. The Bertz CT molecular complexity index is 937. The molecule has 1 aliphatic heterocycles. The number of esters is 2. The van der Waals surface area contributed by atoms with Crippen molar-refractivity contribution in [3.05, 3.63) is 12.2 Å². The standard InChI is InChI=1S/C26H42O6Si2/c1-15-13-25-14-16(15)12-17(31-33(4,5)6)20(25)26-11-10-18(32-34(7,8)9)24(2,23(28)30-26)21(26)19(25)22(27)29-3/h16-21H,1,10-14H2,2-9H3/t16-,17?,18+,19?,20?,21?,24?,25-,26-/m1/s1. The van der Waals surface area contributed by atoms with Crippen LogP contribution in [0.3, 0.4) is 0 Å². The fraction of sp³-hybridized carbons (Fsp3) is 0.846. The Morgan fingerprint density at radius 1 is 1.09 bits per heavy atom. The number of allylic oxidation sites excluding steroid dienone is 1. The van der Waals surface area contributed by atoms with Crippen molar-refractivity contribution in [1.82, 2.24) is 0 Å². The summed E-state index contributed by atoms with van der Waals surface area (Å²) >= 11 is 0. The molecule has 9 atom stereocenters. The molecule has 5 fully saturated rings. The van der Waals surface area contributed by atoms with Crippen LogP contribution in [0.5, 0.6) is 0 Å². The molecule has 1 saturated heterocycles. The van der Waals surface area contributed by atoms with Crippen LogP contribution in [0, 0.1) is 34.5 Å². The van der Waals surface area contributed by atoms with Gasteiger partial charge in [0.25, 0.3) is 0 Å². The van der Waals surface area contributed by atoms with Gasteiger partial charge in [-0.3, -0.25) is 9.59 Å². The molecule has 4 saturated carbocycles. The molecule has 4 bridgehead atoms. The smallest absolute Gasteiger partial charge is 0.315 e. The van der Waals surface area contributed by atoms with Gasteiger partial charge in [0.2, 0.25) is 0 Å². The molecule has 0 aromatic carbocycles. The summed E-state index contributed by atoms with van der Waals surface area (Å²) in [5.41, 5.74) is -0.688. The summed E-state index contributed by atoms with van der Waals surface area (Å²) in [5.74, 6) is -0.767. The predicted octanol–water partition coefficient (Wildman–Crippen LogP) is 4.91. The van der Waals surface area contributed by atoms with E-state index >= 15 is 0 Å². The molecule has 0 aromatic heterocycles. The van der Waals surface area contributed by atoms with Gasteiger partial charge in [-0.1, -0.05) is 12.2 Å². The van der Waals surface area contributed by atoms with Crippen LogP contribution in [-0.2, 0) is 27.9 Å². The molecule has 190 valence electrons. The molecule has 4 aliphatic carbocycles. The number of fused-ring (bicyclic) bond motifs is 1. The van der Waals surface area contributed by atoms with Gasteiger partial charge < -0.3 is 18.3 Å². The van der Waals surface area contributed by atoms with E-state index in [0.29, 0.717) is 5.92 Å². The molecule has 5 aliphatic rings. The van der Waals surface area contributed by atoms with E-state index in [4.69, 9.17) is 18.3 Å². The Hall–Kier alpha value is -0.966. The number of hydrogen-bond donors (Lipinski definition) is 0. The third-order valence-electron chi connectivity index (χ3n) is 9.56. The minimum atomic E-state index is -1.94. The molecular formula is C26H42O6Si2. The largest absolute Gasteiger partial charge is 0.469 e. The molecule has 1 spiro atoms. The Balaban J connectivity index is 1.70. The lowest BCUT2D eigenvalue weighted by molar-refractivity contribution is -0.168. The Morgan fingerprint density at radius 2 is 1.74 bits per heavy atom. The second-order valence-electron chi connectivity index (χ2n) is 13.8. The third kappa shape index (κ3) is 3.17. The van der Waals surface area contributed by atoms with Crippen LogP contribution in [0.15, 0.2) is 12.2 Å². The van der Waals surface area contributed by atoms with Gasteiger partial charge in [-0.25, -0.2) is 0 Å². The van der Waals surface area contributed by atoms with E-state index in [2.05, 4.69) is 45.9 Å². The first-order valence-corrected chi connectivity index (χ1v) is 19.8. The second kappa shape index (κ2) is 7.29. The first-order valence-electron chi connectivity index (χ1n) is 12.9. The molecule has 5 rings (SSSR count). The summed E-state index contributed by atoms with van der Waals surface area (Å²) in [6.45, 7) is 19.6. The van der Waals surface area contributed by atoms with Gasteiger partial charge in [0.05, 0.1) is 30.7 Å². The zero-order valence-electron chi connectivity index (χ0n) is 22.2. The van der Waals surface area contributed by atoms with Gasteiger partial charge in [0.15, 0.2) is 16.6 Å². The quantitative estimate of drug-likeness (QED) is 0.300. The third-order valence-corrected chi connectivity index (χ3v) is 11.6. The average Bonchev–Trinajstić information content (AvgIpc) is 3.15. The Labute approximate surface area is 206 Å². The normalized spacial score (nSPS) is 47.3. The van der Waals surface area contributed by atoms with Crippen LogP contribution in [0.4, 0.5) is 0 Å². The van der Waals surface area contributed by atoms with Crippen molar-refractivity contribution in [2.24, 2.45) is 34.5 Å². The van der Waals surface area contributed by atoms with Crippen molar-refractivity contribution >= 4 is 28.6 Å². The fourth-order valence-corrected chi connectivity index (χ4v) is 11.3. The number of ether oxygens (including phenoxy) is 2. The molecule has 34 heavy (non-hydrogen) atoms. The first-order chi connectivity index (χ1) is 15.6. The summed E-state index contributed by atoms with van der Waals surface area (Å²) in [5, 5.41) is 0. The van der Waals surface area contributed by atoms with E-state index < -0.39 is 33.6 Å². The highest BCUT2D eigenvalue weighted by molar-refractivity contribution is 6.70. The Kier molecular flexibility index (Phi) is 5.30. The highest BCUT2D eigenvalue weighted by atomic mass is 28.4. The zero-order chi connectivity index (χ0) is 25.1. The molecule has 0 N–H and O–H groups in total. The molecule has 6 nitrogen and oxygen atoms in total. The van der Waals surface area contributed by atoms with E-state index in [0.717, 1.165) is 32.1 Å². The first kappa shape index (κ1) is 24.7. The van der Waals surface area contributed by atoms with Gasteiger partial charge in [-0.15, -0.1) is 0 Å². The minimum absolute atomic E-state index is 0.0186. The van der Waals surface area contributed by atoms with Gasteiger partial charge in [0.1, 0.15) is 5.60 Å². The number of carbonyl (C=O) groups excluding carboxylic acids is 2. The highest BCUT2D eigenvalue weighted by Crippen LogP contribution is 2.78. The lowest BCUT2D eigenvalue weighted by Gasteiger charge is -2.50. The summed E-state index contributed by atoms with van der Waals surface area (Å²) in [6, 6.07) is 0. The van der Waals surface area contributed by atoms with Crippen LogP contribution < -0.4 is 0 Å². The molecule has 1 heterocycles. The van der Waals surface area contributed by atoms with Gasteiger partial charge >= 0.3 is 11.9 Å². The van der Waals surface area contributed by atoms with E-state index in [1.54, 1.807) is 0 Å². The molecule has 0 radical (unpaired) electrons. The number of methoxy groups -OCH3 is 1. The van der Waals surface area contributed by atoms with E-state index in [1.807, 2.05) is 6.92 Å². The van der Waals surface area contributed by atoms with E-state index in [-0.39, 0.29) is 41.4 Å². The number of rotatable bonds is 5. The zero-order valence-corrected chi connectivity index (χ0v) is 24.2. The van der Waals surface area contributed by atoms with Crippen molar-refractivity contribution in [1.29, 1.82) is 0 Å². The lowest BCUT2D eigenvalue weighted by atomic mass is 9.59. The van der Waals surface area contributed by atoms with Gasteiger partial charge in [-0.2, -0.15) is 0 Å². The summed E-state index contributed by atoms with van der Waals surface area (Å²) < 4.78 is 25.6. The van der Waals surface area contributed by atoms with Gasteiger partial charge in [-0.05, 0) is 89.6 Å². The average molecular weight is 507 g/mol. The second-order valence-corrected chi connectivity index (χ2v) is 22.7. The molecule has 0 amide bonds. The summed E-state index contributed by atoms with van der Waals surface area (Å²) in [6.07, 6.45) is 3.82. The minimum Gasteiger partial charge on any atom is -0.469 e. The molecule has 0 aromatic rings. The molecule has 8 heteroatoms.